The summed E-state index contributed by atoms with van der Waals surface area (Å²) < 4.78 is 27.7. The van der Waals surface area contributed by atoms with Crippen molar-refractivity contribution in [1.82, 2.24) is 14.9 Å². The number of amides is 1. The van der Waals surface area contributed by atoms with Gasteiger partial charge in [-0.1, -0.05) is 44.2 Å². The average Bonchev–Trinajstić information content (AvgIpc) is 2.96. The van der Waals surface area contributed by atoms with Crippen LogP contribution in [0.5, 0.6) is 0 Å². The highest BCUT2D eigenvalue weighted by molar-refractivity contribution is 7.89. The lowest BCUT2D eigenvalue weighted by atomic mass is 9.86. The number of Topliss-reactive ketones (excluding diaryl/α,β-unsaturated/α-hetero) is 1. The number of aliphatic hydroxyl groups excluding tert-OH is 3. The van der Waals surface area contributed by atoms with Gasteiger partial charge >= 0.3 is 0 Å². The summed E-state index contributed by atoms with van der Waals surface area (Å²) in [5.41, 5.74) is 1.28. The summed E-state index contributed by atoms with van der Waals surface area (Å²) in [7, 11) is -3.61. The molecular weight excluding hydrogens is 522 g/mol. The van der Waals surface area contributed by atoms with E-state index in [0.29, 0.717) is 25.9 Å². The van der Waals surface area contributed by atoms with E-state index in [9.17, 15) is 33.3 Å². The maximum atomic E-state index is 13.1. The van der Waals surface area contributed by atoms with Crippen molar-refractivity contribution in [2.24, 2.45) is 11.3 Å². The van der Waals surface area contributed by atoms with Crippen LogP contribution in [0, 0.1) is 11.3 Å². The zero-order valence-corrected chi connectivity index (χ0v) is 23.5. The van der Waals surface area contributed by atoms with Crippen molar-refractivity contribution in [3.8, 4) is 0 Å². The molecule has 0 bridgehead atoms. The van der Waals surface area contributed by atoms with Crippen LogP contribution in [0.25, 0.3) is 5.57 Å². The number of allylic oxidation sites excluding steroid dienone is 4. The van der Waals surface area contributed by atoms with Crippen LogP contribution in [0.4, 0.5) is 0 Å². The predicted molar refractivity (Wildman–Crippen MR) is 148 cm³/mol. The molecular formula is C28H41N3O7S. The molecule has 0 saturated carbocycles. The molecule has 1 amide bonds. The summed E-state index contributed by atoms with van der Waals surface area (Å²) in [6, 6.07) is 7.02. The van der Waals surface area contributed by atoms with Gasteiger partial charge in [0.2, 0.25) is 15.8 Å². The molecule has 1 aromatic carbocycles. The molecule has 1 fully saturated rings. The zero-order valence-electron chi connectivity index (χ0n) is 22.7. The SMILES string of the molecule is CC(C)(CO)C(O)C(O)NCCC(=O)C(=O)NCC1CCN(S(=O)(=O)c2ccc(C3=CC=CCC3)cc2)CC1. The number of rotatable bonds is 13. The van der Waals surface area contributed by atoms with Crippen molar-refractivity contribution in [2.45, 2.75) is 63.2 Å². The monoisotopic (exact) mass is 563 g/mol. The number of benzene rings is 1. The quantitative estimate of drug-likeness (QED) is 0.177. The Kier molecular flexibility index (Phi) is 11.0. The number of piperidine rings is 1. The van der Waals surface area contributed by atoms with Gasteiger partial charge in [-0.05, 0) is 54.9 Å². The number of ketones is 1. The van der Waals surface area contributed by atoms with Gasteiger partial charge in [-0.3, -0.25) is 14.9 Å². The second-order valence-corrected chi connectivity index (χ2v) is 12.8. The third kappa shape index (κ3) is 8.29. The van der Waals surface area contributed by atoms with Gasteiger partial charge < -0.3 is 20.6 Å². The smallest absolute Gasteiger partial charge is 0.287 e. The van der Waals surface area contributed by atoms with Crippen LogP contribution in [0.15, 0.2) is 47.4 Å². The summed E-state index contributed by atoms with van der Waals surface area (Å²) in [4.78, 5) is 24.6. The molecule has 0 radical (unpaired) electrons. The number of sulfonamides is 1. The fourth-order valence-corrected chi connectivity index (χ4v) is 6.07. The molecule has 39 heavy (non-hydrogen) atoms. The lowest BCUT2D eigenvalue weighted by molar-refractivity contribution is -0.138. The second-order valence-electron chi connectivity index (χ2n) is 10.9. The highest BCUT2D eigenvalue weighted by atomic mass is 32.2. The van der Waals surface area contributed by atoms with Gasteiger partial charge in [0.15, 0.2) is 0 Å². The topological polar surface area (TPSA) is 156 Å². The van der Waals surface area contributed by atoms with Crippen LogP contribution in [0.3, 0.4) is 0 Å². The molecule has 1 heterocycles. The summed E-state index contributed by atoms with van der Waals surface area (Å²) in [6.07, 6.45) is 6.45. The molecule has 1 aromatic rings. The van der Waals surface area contributed by atoms with Crippen LogP contribution >= 0.6 is 0 Å². The van der Waals surface area contributed by atoms with Crippen molar-refractivity contribution >= 4 is 27.3 Å². The summed E-state index contributed by atoms with van der Waals surface area (Å²) >= 11 is 0. The molecule has 1 aliphatic carbocycles. The number of hydrogen-bond acceptors (Lipinski definition) is 8. The van der Waals surface area contributed by atoms with Gasteiger partial charge in [0.1, 0.15) is 12.3 Å². The van der Waals surface area contributed by atoms with E-state index in [2.05, 4.69) is 22.8 Å². The fraction of sp³-hybridized carbons (Fsp3) is 0.571. The Labute approximate surface area is 230 Å². The fourth-order valence-electron chi connectivity index (χ4n) is 4.60. The Morgan fingerprint density at radius 1 is 1.13 bits per heavy atom. The minimum absolute atomic E-state index is 0.0160. The van der Waals surface area contributed by atoms with Crippen LogP contribution in [0.1, 0.15) is 51.5 Å². The molecule has 2 unspecified atom stereocenters. The number of nitrogens with one attached hydrogen (secondary N) is 2. The largest absolute Gasteiger partial charge is 0.396 e. The molecule has 1 saturated heterocycles. The van der Waals surface area contributed by atoms with E-state index in [4.69, 9.17) is 0 Å². The van der Waals surface area contributed by atoms with Crippen molar-refractivity contribution in [2.75, 3.05) is 32.8 Å². The van der Waals surface area contributed by atoms with E-state index in [1.54, 1.807) is 26.0 Å². The minimum atomic E-state index is -3.61. The summed E-state index contributed by atoms with van der Waals surface area (Å²) in [6.45, 7) is 3.78. The van der Waals surface area contributed by atoms with Crippen molar-refractivity contribution in [3.05, 3.63) is 48.1 Å². The van der Waals surface area contributed by atoms with Gasteiger partial charge in [-0.25, -0.2) is 8.42 Å². The number of hydrogen-bond donors (Lipinski definition) is 5. The molecule has 11 heteroatoms. The van der Waals surface area contributed by atoms with Gasteiger partial charge in [0, 0.05) is 38.0 Å². The second kappa shape index (κ2) is 13.8. The molecule has 0 aromatic heterocycles. The lowest BCUT2D eigenvalue weighted by Gasteiger charge is -2.32. The maximum Gasteiger partial charge on any atom is 0.287 e. The number of carbonyl (C=O) groups excluding carboxylic acids is 2. The van der Waals surface area contributed by atoms with Crippen LogP contribution in [0.2, 0.25) is 0 Å². The number of nitrogens with zero attached hydrogens (tertiary/aromatic N) is 1. The Bertz CT molecular complexity index is 1150. The van der Waals surface area contributed by atoms with Gasteiger partial charge in [0.25, 0.3) is 5.91 Å². The van der Waals surface area contributed by atoms with Gasteiger partial charge in [-0.15, -0.1) is 0 Å². The van der Waals surface area contributed by atoms with Crippen molar-refractivity contribution < 1.29 is 33.3 Å². The van der Waals surface area contributed by atoms with Crippen LogP contribution in [-0.2, 0) is 19.6 Å². The van der Waals surface area contributed by atoms with Crippen LogP contribution < -0.4 is 10.6 Å². The van der Waals surface area contributed by atoms with E-state index in [1.807, 2.05) is 18.2 Å². The maximum absolute atomic E-state index is 13.1. The normalized spacial score (nSPS) is 18.8. The third-order valence-corrected chi connectivity index (χ3v) is 9.38. The first kappa shape index (κ1) is 31.1. The van der Waals surface area contributed by atoms with Crippen molar-refractivity contribution in [3.63, 3.8) is 0 Å². The molecule has 3 rings (SSSR count). The molecule has 1 aliphatic heterocycles. The minimum Gasteiger partial charge on any atom is -0.396 e. The Morgan fingerprint density at radius 3 is 2.38 bits per heavy atom. The highest BCUT2D eigenvalue weighted by Crippen LogP contribution is 2.27. The first-order valence-electron chi connectivity index (χ1n) is 13.4. The molecule has 216 valence electrons. The number of carbonyl (C=O) groups is 2. The first-order valence-corrected chi connectivity index (χ1v) is 14.9. The Morgan fingerprint density at radius 2 is 1.79 bits per heavy atom. The number of aliphatic hydroxyl groups is 3. The van der Waals surface area contributed by atoms with Crippen LogP contribution in [-0.4, -0.2) is 84.9 Å². The van der Waals surface area contributed by atoms with E-state index in [1.165, 1.54) is 9.88 Å². The lowest BCUT2D eigenvalue weighted by Crippen LogP contribution is -2.49. The standard InChI is InChI=1S/C28H41N3O7S/c1-28(2,19-32)25(34)27(36)29-15-12-24(33)26(35)30-18-20-13-16-31(17-14-20)39(37,38)23-10-8-22(9-11-23)21-6-4-3-5-7-21/h3-4,6,8-11,20,25,27,29,32,34,36H,5,7,12-19H2,1-2H3,(H,30,35). The highest BCUT2D eigenvalue weighted by Gasteiger charge is 2.33. The van der Waals surface area contributed by atoms with E-state index in [-0.39, 0.29) is 36.9 Å². The van der Waals surface area contributed by atoms with Gasteiger partial charge in [0.05, 0.1) is 11.5 Å². The predicted octanol–water partition coefficient (Wildman–Crippen LogP) is 1.18. The summed E-state index contributed by atoms with van der Waals surface area (Å²) in [5.74, 6) is -1.34. The molecule has 5 N–H and O–H groups in total. The van der Waals surface area contributed by atoms with Gasteiger partial charge in [-0.2, -0.15) is 4.31 Å². The van der Waals surface area contributed by atoms with E-state index >= 15 is 0 Å². The third-order valence-electron chi connectivity index (χ3n) is 7.47. The zero-order chi connectivity index (χ0) is 28.6. The molecule has 0 spiro atoms. The first-order chi connectivity index (χ1) is 18.5. The average molecular weight is 564 g/mol. The summed E-state index contributed by atoms with van der Waals surface area (Å²) in [5, 5.41) is 34.6. The Hall–Kier alpha value is -2.41. The van der Waals surface area contributed by atoms with E-state index in [0.717, 1.165) is 18.4 Å². The molecule has 2 aliphatic rings. The molecule has 10 nitrogen and oxygen atoms in total. The Balaban J connectivity index is 1.40. The van der Waals surface area contributed by atoms with E-state index < -0.39 is 39.5 Å². The van der Waals surface area contributed by atoms with Crippen molar-refractivity contribution in [1.29, 1.82) is 0 Å². The molecule has 2 atom stereocenters.